The van der Waals surface area contributed by atoms with E-state index in [0.29, 0.717) is 0 Å². The minimum Gasteiger partial charge on any atom is -0.0683 e. The Morgan fingerprint density at radius 3 is 2.53 bits per heavy atom. The first-order valence-electron chi connectivity index (χ1n) is 6.24. The van der Waals surface area contributed by atoms with Crippen LogP contribution in [-0.2, 0) is 6.42 Å². The van der Waals surface area contributed by atoms with Gasteiger partial charge in [0.05, 0.1) is 0 Å². The van der Waals surface area contributed by atoms with Crippen molar-refractivity contribution in [2.24, 2.45) is 0 Å². The lowest BCUT2D eigenvalue weighted by Gasteiger charge is -2.13. The molecule has 0 N–H and O–H groups in total. The van der Waals surface area contributed by atoms with Gasteiger partial charge in [-0.1, -0.05) is 43.7 Å². The molecule has 0 heteroatoms. The Hall–Kier alpha value is -1.04. The summed E-state index contributed by atoms with van der Waals surface area (Å²) in [6.07, 6.45) is 6.72. The molecule has 0 bridgehead atoms. The molecule has 0 aliphatic heterocycles. The summed E-state index contributed by atoms with van der Waals surface area (Å²) in [4.78, 5) is 0. The molecule has 1 aromatic carbocycles. The maximum atomic E-state index is 2.29. The average molecular weight is 200 g/mol. The number of benzene rings is 1. The SMILES string of the molecule is CC.c1ccc2c(c1)CC1=C2CCCC1. The highest BCUT2D eigenvalue weighted by Crippen LogP contribution is 2.40. The van der Waals surface area contributed by atoms with Gasteiger partial charge < -0.3 is 0 Å². The highest BCUT2D eigenvalue weighted by atomic mass is 14.3. The topological polar surface area (TPSA) is 0 Å². The summed E-state index contributed by atoms with van der Waals surface area (Å²) in [6, 6.07) is 8.91. The van der Waals surface area contributed by atoms with E-state index in [1.807, 2.05) is 13.8 Å². The van der Waals surface area contributed by atoms with Crippen molar-refractivity contribution in [2.75, 3.05) is 0 Å². The van der Waals surface area contributed by atoms with Gasteiger partial charge in [-0.25, -0.2) is 0 Å². The summed E-state index contributed by atoms with van der Waals surface area (Å²) >= 11 is 0. The van der Waals surface area contributed by atoms with Gasteiger partial charge in [0, 0.05) is 0 Å². The average Bonchev–Trinajstić information content (AvgIpc) is 2.70. The molecule has 0 saturated carbocycles. The summed E-state index contributed by atoms with van der Waals surface area (Å²) < 4.78 is 0. The molecule has 0 unspecified atom stereocenters. The molecule has 0 spiro atoms. The monoisotopic (exact) mass is 200 g/mol. The third kappa shape index (κ3) is 1.86. The summed E-state index contributed by atoms with van der Waals surface area (Å²) in [5.41, 5.74) is 6.53. The Labute approximate surface area is 93.0 Å². The third-order valence-electron chi connectivity index (χ3n) is 3.33. The Balaban J connectivity index is 0.000000404. The van der Waals surface area contributed by atoms with E-state index in [4.69, 9.17) is 0 Å². The molecule has 80 valence electrons. The van der Waals surface area contributed by atoms with Gasteiger partial charge in [-0.15, -0.1) is 0 Å². The smallest absolute Gasteiger partial charge is 0.00550 e. The first-order chi connectivity index (χ1) is 7.45. The molecular formula is C15H20. The zero-order valence-electron chi connectivity index (χ0n) is 9.84. The molecule has 2 aliphatic carbocycles. The molecule has 0 radical (unpaired) electrons. The van der Waals surface area contributed by atoms with Crippen molar-refractivity contribution in [3.63, 3.8) is 0 Å². The summed E-state index contributed by atoms with van der Waals surface area (Å²) in [5.74, 6) is 0. The maximum absolute atomic E-state index is 2.29. The molecule has 15 heavy (non-hydrogen) atoms. The van der Waals surface area contributed by atoms with Crippen LogP contribution in [0.4, 0.5) is 0 Å². The molecule has 0 heterocycles. The molecule has 0 aromatic heterocycles. The van der Waals surface area contributed by atoms with Crippen LogP contribution in [0.1, 0.15) is 50.7 Å². The lowest BCUT2D eigenvalue weighted by molar-refractivity contribution is 0.711. The normalized spacial score (nSPS) is 17.7. The van der Waals surface area contributed by atoms with Crippen molar-refractivity contribution in [3.8, 4) is 0 Å². The second-order valence-electron chi connectivity index (χ2n) is 4.12. The van der Waals surface area contributed by atoms with E-state index in [-0.39, 0.29) is 0 Å². The van der Waals surface area contributed by atoms with E-state index in [1.165, 1.54) is 32.1 Å². The number of hydrogen-bond acceptors (Lipinski definition) is 0. The van der Waals surface area contributed by atoms with Crippen molar-refractivity contribution in [1.29, 1.82) is 0 Å². The summed E-state index contributed by atoms with van der Waals surface area (Å²) in [6.45, 7) is 4.00. The van der Waals surface area contributed by atoms with E-state index in [1.54, 1.807) is 22.3 Å². The first-order valence-corrected chi connectivity index (χ1v) is 6.24. The molecule has 0 saturated heterocycles. The van der Waals surface area contributed by atoms with Gasteiger partial charge in [-0.2, -0.15) is 0 Å². The van der Waals surface area contributed by atoms with Gasteiger partial charge in [0.15, 0.2) is 0 Å². The van der Waals surface area contributed by atoms with Crippen molar-refractivity contribution >= 4 is 5.57 Å². The highest BCUT2D eigenvalue weighted by molar-refractivity contribution is 5.76. The van der Waals surface area contributed by atoms with Crippen molar-refractivity contribution < 1.29 is 0 Å². The largest absolute Gasteiger partial charge is 0.0683 e. The molecule has 0 amide bonds. The minimum atomic E-state index is 1.24. The lowest BCUT2D eigenvalue weighted by atomic mass is 9.92. The standard InChI is InChI=1S/C13H14.C2H6/c1-3-7-12-10(5-1)9-11-6-2-4-8-13(11)12;1-2/h1,3,5,7H,2,4,6,8-9H2;1-2H3. The van der Waals surface area contributed by atoms with Crippen LogP contribution >= 0.6 is 0 Å². The number of hydrogen-bond donors (Lipinski definition) is 0. The van der Waals surface area contributed by atoms with Crippen molar-refractivity contribution in [2.45, 2.75) is 46.0 Å². The van der Waals surface area contributed by atoms with Gasteiger partial charge in [-0.05, 0) is 48.8 Å². The van der Waals surface area contributed by atoms with Gasteiger partial charge in [-0.3, -0.25) is 0 Å². The highest BCUT2D eigenvalue weighted by Gasteiger charge is 2.22. The fourth-order valence-corrected chi connectivity index (χ4v) is 2.69. The van der Waals surface area contributed by atoms with E-state index >= 15 is 0 Å². The Morgan fingerprint density at radius 1 is 0.933 bits per heavy atom. The number of rotatable bonds is 0. The van der Waals surface area contributed by atoms with Crippen LogP contribution < -0.4 is 0 Å². The Kier molecular flexibility index (Phi) is 3.25. The Bertz CT molecular complexity index is 371. The fourth-order valence-electron chi connectivity index (χ4n) is 2.69. The second-order valence-corrected chi connectivity index (χ2v) is 4.12. The third-order valence-corrected chi connectivity index (χ3v) is 3.33. The van der Waals surface area contributed by atoms with Gasteiger partial charge in [0.1, 0.15) is 0 Å². The summed E-state index contributed by atoms with van der Waals surface area (Å²) in [5, 5.41) is 0. The van der Waals surface area contributed by atoms with Gasteiger partial charge in [0.2, 0.25) is 0 Å². The van der Waals surface area contributed by atoms with Crippen LogP contribution in [0, 0.1) is 0 Å². The van der Waals surface area contributed by atoms with Crippen molar-refractivity contribution in [3.05, 3.63) is 41.0 Å². The Morgan fingerprint density at radius 2 is 1.67 bits per heavy atom. The second kappa shape index (κ2) is 4.65. The minimum absolute atomic E-state index is 1.24. The lowest BCUT2D eigenvalue weighted by Crippen LogP contribution is -1.93. The predicted octanol–water partition coefficient (Wildman–Crippen LogP) is 4.60. The van der Waals surface area contributed by atoms with Crippen LogP contribution in [0.2, 0.25) is 0 Å². The fraction of sp³-hybridized carbons (Fsp3) is 0.467. The summed E-state index contributed by atoms with van der Waals surface area (Å²) in [7, 11) is 0. The zero-order chi connectivity index (χ0) is 10.7. The molecule has 0 atom stereocenters. The van der Waals surface area contributed by atoms with E-state index in [2.05, 4.69) is 24.3 Å². The molecular weight excluding hydrogens is 180 g/mol. The van der Waals surface area contributed by atoms with Crippen LogP contribution in [0.15, 0.2) is 29.8 Å². The quantitative estimate of drug-likeness (QED) is 0.574. The van der Waals surface area contributed by atoms with Crippen LogP contribution in [0.3, 0.4) is 0 Å². The van der Waals surface area contributed by atoms with Crippen LogP contribution in [-0.4, -0.2) is 0 Å². The van der Waals surface area contributed by atoms with Crippen LogP contribution in [0.5, 0.6) is 0 Å². The first kappa shape index (κ1) is 10.5. The van der Waals surface area contributed by atoms with Crippen LogP contribution in [0.25, 0.3) is 5.57 Å². The van der Waals surface area contributed by atoms with E-state index in [0.717, 1.165) is 0 Å². The molecule has 1 aromatic rings. The zero-order valence-corrected chi connectivity index (χ0v) is 9.84. The van der Waals surface area contributed by atoms with Gasteiger partial charge in [0.25, 0.3) is 0 Å². The molecule has 0 fully saturated rings. The van der Waals surface area contributed by atoms with Gasteiger partial charge >= 0.3 is 0 Å². The van der Waals surface area contributed by atoms with E-state index < -0.39 is 0 Å². The molecule has 2 aliphatic rings. The molecule has 3 rings (SSSR count). The number of fused-ring (bicyclic) bond motifs is 2. The van der Waals surface area contributed by atoms with E-state index in [9.17, 15) is 0 Å². The maximum Gasteiger partial charge on any atom is -0.00550 e. The molecule has 0 nitrogen and oxygen atoms in total. The van der Waals surface area contributed by atoms with Crippen molar-refractivity contribution in [1.82, 2.24) is 0 Å². The number of allylic oxidation sites excluding steroid dienone is 2. The predicted molar refractivity (Wildman–Crippen MR) is 66.9 cm³/mol.